The van der Waals surface area contributed by atoms with Gasteiger partial charge in [0.2, 0.25) is 0 Å². The lowest BCUT2D eigenvalue weighted by atomic mass is 9.93. The molecule has 0 spiro atoms. The van der Waals surface area contributed by atoms with E-state index in [0.29, 0.717) is 17.9 Å². The summed E-state index contributed by atoms with van der Waals surface area (Å²) in [5.74, 6) is 0.334. The normalized spacial score (nSPS) is 19.7. The third kappa shape index (κ3) is 1.41. The van der Waals surface area contributed by atoms with Crippen LogP contribution in [0.1, 0.15) is 16.8 Å². The number of rotatable bonds is 2. The molecule has 0 aliphatic carbocycles. The molecule has 0 amide bonds. The van der Waals surface area contributed by atoms with Crippen LogP contribution in [0.5, 0.6) is 5.75 Å². The Morgan fingerprint density at radius 3 is 3.00 bits per heavy atom. The maximum Gasteiger partial charge on any atom is 0.173 e. The van der Waals surface area contributed by atoms with Crippen molar-refractivity contribution in [3.05, 3.63) is 29.8 Å². The van der Waals surface area contributed by atoms with Crippen LogP contribution in [0.25, 0.3) is 0 Å². The van der Waals surface area contributed by atoms with Gasteiger partial charge < -0.3 is 9.53 Å². The van der Waals surface area contributed by atoms with Crippen LogP contribution in [0, 0.1) is 5.92 Å². The second-order valence-electron chi connectivity index (χ2n) is 3.27. The molecule has 0 aromatic heterocycles. The largest absolute Gasteiger partial charge is 0.492 e. The van der Waals surface area contributed by atoms with E-state index in [1.807, 2.05) is 6.07 Å². The summed E-state index contributed by atoms with van der Waals surface area (Å²) in [5, 5.41) is 0. The number of hydrogen-bond acceptors (Lipinski definition) is 3. The number of carbonyl (C=O) groups is 2. The van der Waals surface area contributed by atoms with Crippen molar-refractivity contribution in [2.45, 2.75) is 6.42 Å². The first-order valence-electron chi connectivity index (χ1n) is 4.52. The number of fused-ring (bicyclic) bond motifs is 1. The van der Waals surface area contributed by atoms with Crippen LogP contribution in [0.15, 0.2) is 24.3 Å². The van der Waals surface area contributed by atoms with Gasteiger partial charge in [-0.3, -0.25) is 4.79 Å². The van der Waals surface area contributed by atoms with Crippen molar-refractivity contribution in [1.82, 2.24) is 0 Å². The molecular formula is C11H10O3. The van der Waals surface area contributed by atoms with Gasteiger partial charge in [0, 0.05) is 6.42 Å². The predicted molar refractivity (Wildman–Crippen MR) is 50.4 cm³/mol. The molecule has 1 heterocycles. The first-order valence-corrected chi connectivity index (χ1v) is 4.52. The number of aldehydes is 1. The van der Waals surface area contributed by atoms with Crippen molar-refractivity contribution in [3.63, 3.8) is 0 Å². The standard InChI is InChI=1S/C11H10O3/c12-6-5-8-7-14-10-4-2-1-3-9(10)11(8)13/h1-4,6,8H,5,7H2/t8-/m1/s1. The first-order chi connectivity index (χ1) is 6.83. The number of carbonyl (C=O) groups excluding carboxylic acids is 2. The van der Waals surface area contributed by atoms with Crippen LogP contribution >= 0.6 is 0 Å². The first kappa shape index (κ1) is 8.94. The number of ketones is 1. The molecule has 0 radical (unpaired) electrons. The van der Waals surface area contributed by atoms with Gasteiger partial charge in [0.05, 0.1) is 18.1 Å². The molecular weight excluding hydrogens is 180 g/mol. The fraction of sp³-hybridized carbons (Fsp3) is 0.273. The Balaban J connectivity index is 2.31. The third-order valence-electron chi connectivity index (χ3n) is 2.34. The smallest absolute Gasteiger partial charge is 0.173 e. The molecule has 3 nitrogen and oxygen atoms in total. The Bertz CT molecular complexity index is 371. The van der Waals surface area contributed by atoms with Gasteiger partial charge in [0.25, 0.3) is 0 Å². The van der Waals surface area contributed by atoms with Crippen molar-refractivity contribution in [1.29, 1.82) is 0 Å². The van der Waals surface area contributed by atoms with Crippen LogP contribution in [-0.2, 0) is 4.79 Å². The van der Waals surface area contributed by atoms with Crippen molar-refractivity contribution in [3.8, 4) is 5.75 Å². The molecule has 1 aromatic carbocycles. The van der Waals surface area contributed by atoms with Crippen LogP contribution in [0.3, 0.4) is 0 Å². The summed E-state index contributed by atoms with van der Waals surface area (Å²) in [6.07, 6.45) is 1.01. The number of para-hydroxylation sites is 1. The second kappa shape index (κ2) is 3.62. The highest BCUT2D eigenvalue weighted by atomic mass is 16.5. The zero-order valence-electron chi connectivity index (χ0n) is 7.60. The molecule has 0 fully saturated rings. The Morgan fingerprint density at radius 2 is 2.21 bits per heavy atom. The fourth-order valence-electron chi connectivity index (χ4n) is 1.57. The highest BCUT2D eigenvalue weighted by Gasteiger charge is 2.27. The summed E-state index contributed by atoms with van der Waals surface area (Å²) in [6, 6.07) is 7.12. The van der Waals surface area contributed by atoms with E-state index in [4.69, 9.17) is 4.74 Å². The average Bonchev–Trinajstić information content (AvgIpc) is 2.23. The van der Waals surface area contributed by atoms with E-state index in [-0.39, 0.29) is 18.1 Å². The molecule has 1 aliphatic heterocycles. The number of benzene rings is 1. The third-order valence-corrected chi connectivity index (χ3v) is 2.34. The Morgan fingerprint density at radius 1 is 1.43 bits per heavy atom. The van der Waals surface area contributed by atoms with E-state index in [9.17, 15) is 9.59 Å². The summed E-state index contributed by atoms with van der Waals surface area (Å²) >= 11 is 0. The van der Waals surface area contributed by atoms with Crippen molar-refractivity contribution >= 4 is 12.1 Å². The predicted octanol–water partition coefficient (Wildman–Crippen LogP) is 1.47. The van der Waals surface area contributed by atoms with E-state index in [1.54, 1.807) is 18.2 Å². The van der Waals surface area contributed by atoms with E-state index in [0.717, 1.165) is 6.29 Å². The maximum absolute atomic E-state index is 11.8. The molecule has 0 saturated carbocycles. The van der Waals surface area contributed by atoms with Crippen LogP contribution in [-0.4, -0.2) is 18.7 Å². The van der Waals surface area contributed by atoms with Gasteiger partial charge in [-0.2, -0.15) is 0 Å². The van der Waals surface area contributed by atoms with Crippen molar-refractivity contribution in [2.75, 3.05) is 6.61 Å². The van der Waals surface area contributed by atoms with Crippen LogP contribution in [0.4, 0.5) is 0 Å². The average molecular weight is 190 g/mol. The molecule has 0 N–H and O–H groups in total. The van der Waals surface area contributed by atoms with Gasteiger partial charge in [-0.25, -0.2) is 0 Å². The number of hydrogen-bond donors (Lipinski definition) is 0. The molecule has 1 aromatic rings. The summed E-state index contributed by atoms with van der Waals surface area (Å²) in [4.78, 5) is 22.1. The minimum Gasteiger partial charge on any atom is -0.492 e. The highest BCUT2D eigenvalue weighted by Crippen LogP contribution is 2.27. The summed E-state index contributed by atoms with van der Waals surface area (Å²) in [5.41, 5.74) is 0.589. The quantitative estimate of drug-likeness (QED) is 0.663. The highest BCUT2D eigenvalue weighted by molar-refractivity contribution is 6.02. The monoisotopic (exact) mass is 190 g/mol. The van der Waals surface area contributed by atoms with Gasteiger partial charge in [-0.15, -0.1) is 0 Å². The second-order valence-corrected chi connectivity index (χ2v) is 3.27. The molecule has 0 unspecified atom stereocenters. The van der Waals surface area contributed by atoms with Crippen molar-refractivity contribution in [2.24, 2.45) is 5.92 Å². The van der Waals surface area contributed by atoms with Gasteiger partial charge in [0.1, 0.15) is 12.0 Å². The fourth-order valence-corrected chi connectivity index (χ4v) is 1.57. The maximum atomic E-state index is 11.8. The Labute approximate surface area is 81.7 Å². The zero-order valence-corrected chi connectivity index (χ0v) is 7.60. The number of Topliss-reactive ketones (excluding diaryl/α,β-unsaturated/α-hetero) is 1. The minimum atomic E-state index is -0.303. The zero-order chi connectivity index (χ0) is 9.97. The van der Waals surface area contributed by atoms with E-state index in [1.165, 1.54) is 0 Å². The molecule has 1 aliphatic rings. The van der Waals surface area contributed by atoms with Gasteiger partial charge in [-0.05, 0) is 12.1 Å². The lowest BCUT2D eigenvalue weighted by Gasteiger charge is -2.22. The molecule has 0 saturated heterocycles. The van der Waals surface area contributed by atoms with E-state index < -0.39 is 0 Å². The molecule has 0 bridgehead atoms. The summed E-state index contributed by atoms with van der Waals surface area (Å²) in [7, 11) is 0. The molecule has 1 atom stereocenters. The van der Waals surface area contributed by atoms with Crippen LogP contribution in [0.2, 0.25) is 0 Å². The number of ether oxygens (including phenoxy) is 1. The molecule has 14 heavy (non-hydrogen) atoms. The summed E-state index contributed by atoms with van der Waals surface area (Å²) in [6.45, 7) is 0.314. The molecule has 72 valence electrons. The van der Waals surface area contributed by atoms with Gasteiger partial charge >= 0.3 is 0 Å². The topological polar surface area (TPSA) is 43.4 Å². The minimum absolute atomic E-state index is 0.0129. The van der Waals surface area contributed by atoms with Crippen molar-refractivity contribution < 1.29 is 14.3 Å². The Kier molecular flexibility index (Phi) is 2.31. The molecule has 2 rings (SSSR count). The molecule has 3 heteroatoms. The van der Waals surface area contributed by atoms with E-state index in [2.05, 4.69) is 0 Å². The van der Waals surface area contributed by atoms with E-state index >= 15 is 0 Å². The van der Waals surface area contributed by atoms with Crippen LogP contribution < -0.4 is 4.74 Å². The SMILES string of the molecule is O=CC[C@@H]1COc2ccccc2C1=O. The van der Waals surface area contributed by atoms with Gasteiger partial charge in [-0.1, -0.05) is 12.1 Å². The lowest BCUT2D eigenvalue weighted by molar-refractivity contribution is -0.108. The van der Waals surface area contributed by atoms with Gasteiger partial charge in [0.15, 0.2) is 5.78 Å². The lowest BCUT2D eigenvalue weighted by Crippen LogP contribution is -2.27. The summed E-state index contributed by atoms with van der Waals surface area (Å²) < 4.78 is 5.38. The Hall–Kier alpha value is -1.64.